The maximum atomic E-state index is 14.0. The molecule has 208 valence electrons. The van der Waals surface area contributed by atoms with Gasteiger partial charge >= 0.3 is 6.09 Å². The maximum absolute atomic E-state index is 14.0. The van der Waals surface area contributed by atoms with E-state index in [0.29, 0.717) is 18.5 Å². The Morgan fingerprint density at radius 2 is 1.65 bits per heavy atom. The second kappa shape index (κ2) is 15.9. The molecule has 4 amide bonds. The third kappa shape index (κ3) is 11.7. The molecule has 0 saturated heterocycles. The van der Waals surface area contributed by atoms with E-state index < -0.39 is 42.0 Å². The molecule has 2 atom stereocenters. The van der Waals surface area contributed by atoms with Gasteiger partial charge in [0.2, 0.25) is 17.7 Å². The highest BCUT2D eigenvalue weighted by molar-refractivity contribution is 5.94. The number of benzene rings is 1. The quantitative estimate of drug-likeness (QED) is 0.301. The zero-order valence-electron chi connectivity index (χ0n) is 23.4. The van der Waals surface area contributed by atoms with Crippen LogP contribution in [0.4, 0.5) is 4.79 Å². The van der Waals surface area contributed by atoms with E-state index in [1.54, 1.807) is 20.8 Å². The third-order valence-corrected chi connectivity index (χ3v) is 5.80. The first-order chi connectivity index (χ1) is 17.4. The minimum absolute atomic E-state index is 0.282. The zero-order chi connectivity index (χ0) is 28.0. The molecule has 9 nitrogen and oxygen atoms in total. The molecule has 0 fully saturated rings. The molecule has 2 unspecified atom stereocenters. The van der Waals surface area contributed by atoms with Gasteiger partial charge in [-0.1, -0.05) is 63.8 Å². The Bertz CT molecular complexity index is 897. The van der Waals surface area contributed by atoms with Crippen molar-refractivity contribution in [2.45, 2.75) is 104 Å². The molecule has 0 bridgehead atoms. The van der Waals surface area contributed by atoms with Crippen molar-refractivity contribution in [3.05, 3.63) is 35.4 Å². The predicted molar refractivity (Wildman–Crippen MR) is 145 cm³/mol. The summed E-state index contributed by atoms with van der Waals surface area (Å²) < 4.78 is 5.32. The Morgan fingerprint density at radius 3 is 2.22 bits per heavy atom. The van der Waals surface area contributed by atoms with Crippen LogP contribution >= 0.6 is 0 Å². The Morgan fingerprint density at radius 1 is 1.00 bits per heavy atom. The molecule has 4 N–H and O–H groups in total. The minimum atomic E-state index is -1.27. The molecule has 9 heteroatoms. The fraction of sp³-hybridized carbons (Fsp3) is 0.643. The Hall–Kier alpha value is -3.10. The average Bonchev–Trinajstić information content (AvgIpc) is 2.79. The van der Waals surface area contributed by atoms with Crippen LogP contribution in [-0.2, 0) is 19.1 Å². The number of nitrogens with zero attached hydrogens (tertiary/aromatic N) is 1. The summed E-state index contributed by atoms with van der Waals surface area (Å²) in [6.45, 7) is 11.9. The standard InChI is InChI=1S/C28H46N4O5/c1-7-9-11-14-18-32(26(35)22(19-23(29)33)31-27(36)37-28(4,5)6)24(25(34)30-17-10-8-2)21-16-13-12-15-20(21)3/h12-13,15-16,22,24H,7-11,14,17-19H2,1-6H3,(H2,29,33)(H,30,34)(H,31,36). The number of carbonyl (C=O) groups is 4. The van der Waals surface area contributed by atoms with Crippen LogP contribution < -0.4 is 16.4 Å². The first kappa shape index (κ1) is 31.9. The van der Waals surface area contributed by atoms with E-state index in [0.717, 1.165) is 37.7 Å². The van der Waals surface area contributed by atoms with Gasteiger partial charge in [0, 0.05) is 13.1 Å². The molecular weight excluding hydrogens is 472 g/mol. The van der Waals surface area contributed by atoms with E-state index in [2.05, 4.69) is 17.6 Å². The molecule has 0 aromatic heterocycles. The maximum Gasteiger partial charge on any atom is 0.408 e. The SMILES string of the molecule is CCCCCCN(C(=O)C(CC(N)=O)NC(=O)OC(C)(C)C)C(C(=O)NCCCC)c1ccccc1C. The number of hydrogen-bond acceptors (Lipinski definition) is 5. The molecule has 0 spiro atoms. The molecule has 0 aliphatic carbocycles. The van der Waals surface area contributed by atoms with Gasteiger partial charge in [-0.05, 0) is 51.7 Å². The largest absolute Gasteiger partial charge is 0.444 e. The minimum Gasteiger partial charge on any atom is -0.444 e. The molecule has 0 saturated carbocycles. The van der Waals surface area contributed by atoms with Crippen molar-refractivity contribution in [2.75, 3.05) is 13.1 Å². The fourth-order valence-electron chi connectivity index (χ4n) is 3.96. The van der Waals surface area contributed by atoms with Crippen LogP contribution in [0.15, 0.2) is 24.3 Å². The van der Waals surface area contributed by atoms with Crippen LogP contribution in [-0.4, -0.2) is 53.4 Å². The Kier molecular flexibility index (Phi) is 13.7. The van der Waals surface area contributed by atoms with Crippen molar-refractivity contribution >= 4 is 23.8 Å². The molecule has 37 heavy (non-hydrogen) atoms. The van der Waals surface area contributed by atoms with Crippen LogP contribution in [0.1, 0.15) is 96.7 Å². The third-order valence-electron chi connectivity index (χ3n) is 5.80. The summed E-state index contributed by atoms with van der Waals surface area (Å²) >= 11 is 0. The molecule has 0 heterocycles. The number of hydrogen-bond donors (Lipinski definition) is 3. The van der Waals surface area contributed by atoms with Crippen molar-refractivity contribution in [3.8, 4) is 0 Å². The van der Waals surface area contributed by atoms with E-state index in [4.69, 9.17) is 10.5 Å². The van der Waals surface area contributed by atoms with Crippen molar-refractivity contribution < 1.29 is 23.9 Å². The van der Waals surface area contributed by atoms with Gasteiger partial charge in [-0.2, -0.15) is 0 Å². The number of rotatable bonds is 15. The van der Waals surface area contributed by atoms with Crippen molar-refractivity contribution in [2.24, 2.45) is 5.73 Å². The smallest absolute Gasteiger partial charge is 0.408 e. The number of alkyl carbamates (subject to hydrolysis) is 1. The van der Waals surface area contributed by atoms with Gasteiger partial charge in [0.15, 0.2) is 0 Å². The van der Waals surface area contributed by atoms with Crippen molar-refractivity contribution in [1.82, 2.24) is 15.5 Å². The number of carbonyl (C=O) groups excluding carboxylic acids is 4. The van der Waals surface area contributed by atoms with Crippen molar-refractivity contribution in [3.63, 3.8) is 0 Å². The first-order valence-corrected chi connectivity index (χ1v) is 13.3. The number of unbranched alkanes of at least 4 members (excludes halogenated alkanes) is 4. The summed E-state index contributed by atoms with van der Waals surface area (Å²) in [6.07, 6.45) is 4.01. The number of nitrogens with two attached hydrogens (primary N) is 1. The van der Waals surface area contributed by atoms with E-state index in [-0.39, 0.29) is 12.5 Å². The molecule has 1 aromatic rings. The highest BCUT2D eigenvalue weighted by Crippen LogP contribution is 2.26. The summed E-state index contributed by atoms with van der Waals surface area (Å²) in [5.74, 6) is -1.61. The number of primary amides is 1. The highest BCUT2D eigenvalue weighted by Gasteiger charge is 2.37. The van der Waals surface area contributed by atoms with E-state index in [9.17, 15) is 19.2 Å². The second-order valence-electron chi connectivity index (χ2n) is 10.4. The van der Waals surface area contributed by atoms with Gasteiger partial charge < -0.3 is 26.0 Å². The van der Waals surface area contributed by atoms with Crippen LogP contribution in [0.5, 0.6) is 0 Å². The van der Waals surface area contributed by atoms with Gasteiger partial charge in [-0.15, -0.1) is 0 Å². The fourth-order valence-corrected chi connectivity index (χ4v) is 3.96. The molecular formula is C28H46N4O5. The summed E-state index contributed by atoms with van der Waals surface area (Å²) in [5.41, 5.74) is 6.19. The van der Waals surface area contributed by atoms with Crippen LogP contribution in [0, 0.1) is 6.92 Å². The topological polar surface area (TPSA) is 131 Å². The van der Waals surface area contributed by atoms with Crippen LogP contribution in [0.3, 0.4) is 0 Å². The number of nitrogens with one attached hydrogen (secondary N) is 2. The summed E-state index contributed by atoms with van der Waals surface area (Å²) in [5, 5.41) is 5.48. The number of amides is 4. The van der Waals surface area contributed by atoms with Gasteiger partial charge in [0.05, 0.1) is 6.42 Å². The van der Waals surface area contributed by atoms with Gasteiger partial charge in [0.1, 0.15) is 17.7 Å². The Balaban J connectivity index is 3.46. The first-order valence-electron chi connectivity index (χ1n) is 13.3. The zero-order valence-corrected chi connectivity index (χ0v) is 23.4. The van der Waals surface area contributed by atoms with Crippen LogP contribution in [0.2, 0.25) is 0 Å². The summed E-state index contributed by atoms with van der Waals surface area (Å²) in [4.78, 5) is 53.4. The van der Waals surface area contributed by atoms with Gasteiger partial charge in [-0.3, -0.25) is 14.4 Å². The number of aryl methyl sites for hydroxylation is 1. The van der Waals surface area contributed by atoms with Crippen LogP contribution in [0.25, 0.3) is 0 Å². The molecule has 1 aromatic carbocycles. The molecule has 1 rings (SSSR count). The monoisotopic (exact) mass is 518 g/mol. The lowest BCUT2D eigenvalue weighted by Crippen LogP contribution is -2.54. The molecule has 0 radical (unpaired) electrons. The van der Waals surface area contributed by atoms with Crippen molar-refractivity contribution in [1.29, 1.82) is 0 Å². The number of ether oxygens (including phenoxy) is 1. The van der Waals surface area contributed by atoms with Gasteiger partial charge in [0.25, 0.3) is 0 Å². The lowest BCUT2D eigenvalue weighted by molar-refractivity contribution is -0.143. The highest BCUT2D eigenvalue weighted by atomic mass is 16.6. The normalized spacial score (nSPS) is 12.8. The summed E-state index contributed by atoms with van der Waals surface area (Å²) in [6, 6.07) is 5.22. The lowest BCUT2D eigenvalue weighted by Gasteiger charge is -2.35. The molecule has 0 aliphatic heterocycles. The summed E-state index contributed by atoms with van der Waals surface area (Å²) in [7, 11) is 0. The predicted octanol–water partition coefficient (Wildman–Crippen LogP) is 4.13. The van der Waals surface area contributed by atoms with E-state index in [1.165, 1.54) is 4.90 Å². The van der Waals surface area contributed by atoms with E-state index >= 15 is 0 Å². The Labute approximate surface area is 221 Å². The molecule has 0 aliphatic rings. The lowest BCUT2D eigenvalue weighted by atomic mass is 9.97. The second-order valence-corrected chi connectivity index (χ2v) is 10.4. The average molecular weight is 519 g/mol. The van der Waals surface area contributed by atoms with E-state index in [1.807, 2.05) is 38.1 Å². The van der Waals surface area contributed by atoms with Gasteiger partial charge in [-0.25, -0.2) is 4.79 Å².